The number of anilines is 1. The SMILES string of the molecule is CC1Sc2ccccc2N(S(=O)(=O)c2cc(C(=O)O)cs2)C1C. The molecular formula is C15H15NO4S3. The minimum atomic E-state index is -3.80. The minimum Gasteiger partial charge on any atom is -0.478 e. The molecule has 1 aliphatic heterocycles. The van der Waals surface area contributed by atoms with E-state index in [-0.39, 0.29) is 21.1 Å². The summed E-state index contributed by atoms with van der Waals surface area (Å²) in [6, 6.07) is 8.38. The van der Waals surface area contributed by atoms with Crippen LogP contribution in [0, 0.1) is 0 Å². The van der Waals surface area contributed by atoms with Gasteiger partial charge >= 0.3 is 5.97 Å². The molecule has 1 aliphatic rings. The Morgan fingerprint density at radius 1 is 1.26 bits per heavy atom. The molecule has 23 heavy (non-hydrogen) atoms. The summed E-state index contributed by atoms with van der Waals surface area (Å²) in [5, 5.41) is 10.5. The van der Waals surface area contributed by atoms with Gasteiger partial charge in [-0.2, -0.15) is 0 Å². The summed E-state index contributed by atoms with van der Waals surface area (Å²) in [5.74, 6) is -1.13. The molecule has 0 aliphatic carbocycles. The van der Waals surface area contributed by atoms with E-state index >= 15 is 0 Å². The molecule has 0 saturated carbocycles. The maximum atomic E-state index is 13.1. The van der Waals surface area contributed by atoms with Crippen molar-refractivity contribution in [3.63, 3.8) is 0 Å². The van der Waals surface area contributed by atoms with Gasteiger partial charge in [-0.05, 0) is 25.1 Å². The lowest BCUT2D eigenvalue weighted by atomic mass is 10.2. The highest BCUT2D eigenvalue weighted by atomic mass is 32.2. The van der Waals surface area contributed by atoms with E-state index in [9.17, 15) is 13.2 Å². The molecule has 8 heteroatoms. The second-order valence-corrected chi connectivity index (χ2v) is 9.66. The predicted octanol–water partition coefficient (Wildman–Crippen LogP) is 3.52. The number of para-hydroxylation sites is 1. The third kappa shape index (κ3) is 2.75. The summed E-state index contributed by atoms with van der Waals surface area (Å²) in [5.41, 5.74) is 0.641. The van der Waals surface area contributed by atoms with Crippen LogP contribution < -0.4 is 4.31 Å². The Bertz CT molecular complexity index is 859. The number of carbonyl (C=O) groups is 1. The van der Waals surface area contributed by atoms with Gasteiger partial charge in [0.1, 0.15) is 4.21 Å². The van der Waals surface area contributed by atoms with Crippen LogP contribution in [0.15, 0.2) is 44.8 Å². The van der Waals surface area contributed by atoms with Crippen LogP contribution >= 0.6 is 23.1 Å². The fourth-order valence-electron chi connectivity index (χ4n) is 2.46. The van der Waals surface area contributed by atoms with E-state index in [0.29, 0.717) is 5.69 Å². The largest absolute Gasteiger partial charge is 0.478 e. The average Bonchev–Trinajstić information content (AvgIpc) is 2.99. The topological polar surface area (TPSA) is 74.7 Å². The lowest BCUT2D eigenvalue weighted by Crippen LogP contribution is -2.45. The van der Waals surface area contributed by atoms with Gasteiger partial charge < -0.3 is 5.11 Å². The molecule has 0 amide bonds. The van der Waals surface area contributed by atoms with E-state index in [2.05, 4.69) is 0 Å². The van der Waals surface area contributed by atoms with Crippen LogP contribution in [0.1, 0.15) is 24.2 Å². The number of carboxylic acids is 1. The summed E-state index contributed by atoms with van der Waals surface area (Å²) >= 11 is 2.59. The molecule has 1 N–H and O–H groups in total. The third-order valence-corrected chi connectivity index (χ3v) is 8.48. The van der Waals surface area contributed by atoms with E-state index in [0.717, 1.165) is 16.2 Å². The van der Waals surface area contributed by atoms with Crippen molar-refractivity contribution < 1.29 is 18.3 Å². The number of hydrogen-bond donors (Lipinski definition) is 1. The predicted molar refractivity (Wildman–Crippen MR) is 92.2 cm³/mol. The van der Waals surface area contributed by atoms with E-state index < -0.39 is 16.0 Å². The van der Waals surface area contributed by atoms with Gasteiger partial charge in [0.25, 0.3) is 10.0 Å². The highest BCUT2D eigenvalue weighted by molar-refractivity contribution is 8.00. The molecule has 1 aromatic carbocycles. The first-order valence-electron chi connectivity index (χ1n) is 6.94. The van der Waals surface area contributed by atoms with Crippen molar-refractivity contribution >= 4 is 44.8 Å². The number of thioether (sulfide) groups is 1. The van der Waals surface area contributed by atoms with Crippen LogP contribution in [0.4, 0.5) is 5.69 Å². The molecule has 2 aromatic rings. The van der Waals surface area contributed by atoms with Gasteiger partial charge in [0, 0.05) is 15.5 Å². The Morgan fingerprint density at radius 3 is 2.61 bits per heavy atom. The molecule has 0 saturated heterocycles. The first kappa shape index (κ1) is 16.4. The van der Waals surface area contributed by atoms with E-state index in [1.54, 1.807) is 17.8 Å². The number of hydrogen-bond acceptors (Lipinski definition) is 5. The molecule has 3 rings (SSSR count). The van der Waals surface area contributed by atoms with Gasteiger partial charge in [-0.3, -0.25) is 4.31 Å². The molecule has 2 unspecified atom stereocenters. The molecule has 122 valence electrons. The Hall–Kier alpha value is -1.51. The van der Waals surface area contributed by atoms with E-state index in [1.807, 2.05) is 32.0 Å². The van der Waals surface area contributed by atoms with Crippen LogP contribution in [0.25, 0.3) is 0 Å². The number of rotatable bonds is 3. The van der Waals surface area contributed by atoms with E-state index in [4.69, 9.17) is 5.11 Å². The molecule has 2 heterocycles. The van der Waals surface area contributed by atoms with E-state index in [1.165, 1.54) is 15.8 Å². The normalized spacial score (nSPS) is 21.0. The van der Waals surface area contributed by atoms with Crippen molar-refractivity contribution in [2.75, 3.05) is 4.31 Å². The maximum Gasteiger partial charge on any atom is 0.336 e. The average molecular weight is 369 g/mol. The Balaban J connectivity index is 2.12. The van der Waals surface area contributed by atoms with Crippen LogP contribution in [-0.2, 0) is 10.0 Å². The third-order valence-electron chi connectivity index (χ3n) is 3.80. The van der Waals surface area contributed by atoms with Crippen molar-refractivity contribution in [1.29, 1.82) is 0 Å². The summed E-state index contributed by atoms with van der Waals surface area (Å²) in [6.07, 6.45) is 0. The first-order valence-corrected chi connectivity index (χ1v) is 10.1. The lowest BCUT2D eigenvalue weighted by Gasteiger charge is -2.38. The van der Waals surface area contributed by atoms with Crippen molar-refractivity contribution in [3.8, 4) is 0 Å². The molecule has 1 aromatic heterocycles. The Labute approximate surface area is 143 Å². The van der Waals surface area contributed by atoms with Gasteiger partial charge in [0.2, 0.25) is 0 Å². The molecule has 5 nitrogen and oxygen atoms in total. The Morgan fingerprint density at radius 2 is 1.96 bits per heavy atom. The zero-order valence-corrected chi connectivity index (χ0v) is 14.9. The molecule has 0 bridgehead atoms. The molecule has 0 fully saturated rings. The minimum absolute atomic E-state index is 0.00561. The lowest BCUT2D eigenvalue weighted by molar-refractivity contribution is 0.0697. The number of fused-ring (bicyclic) bond motifs is 1. The number of benzene rings is 1. The molecular weight excluding hydrogens is 354 g/mol. The second kappa shape index (κ2) is 5.85. The van der Waals surface area contributed by atoms with Gasteiger partial charge in [-0.1, -0.05) is 19.1 Å². The van der Waals surface area contributed by atoms with Crippen LogP contribution in [-0.4, -0.2) is 30.8 Å². The maximum absolute atomic E-state index is 13.1. The Kier molecular flexibility index (Phi) is 4.16. The smallest absolute Gasteiger partial charge is 0.336 e. The van der Waals surface area contributed by atoms with Gasteiger partial charge in [-0.25, -0.2) is 13.2 Å². The summed E-state index contributed by atoms with van der Waals surface area (Å²) in [7, 11) is -3.80. The highest BCUT2D eigenvalue weighted by Gasteiger charge is 2.38. The number of nitrogens with zero attached hydrogens (tertiary/aromatic N) is 1. The zero-order chi connectivity index (χ0) is 16.8. The van der Waals surface area contributed by atoms with Crippen molar-refractivity contribution in [2.45, 2.75) is 34.2 Å². The monoisotopic (exact) mass is 369 g/mol. The van der Waals surface area contributed by atoms with Gasteiger partial charge in [0.15, 0.2) is 0 Å². The number of thiophene rings is 1. The second-order valence-electron chi connectivity index (χ2n) is 5.29. The summed E-state index contributed by atoms with van der Waals surface area (Å²) in [6.45, 7) is 3.86. The van der Waals surface area contributed by atoms with Crippen molar-refractivity contribution in [2.24, 2.45) is 0 Å². The highest BCUT2D eigenvalue weighted by Crippen LogP contribution is 2.44. The number of carboxylic acid groups (broad SMARTS) is 1. The zero-order valence-electron chi connectivity index (χ0n) is 12.5. The quantitative estimate of drug-likeness (QED) is 0.896. The fraction of sp³-hybridized carbons (Fsp3) is 0.267. The standard InChI is InChI=1S/C15H15NO4S3/c1-9-10(2)22-13-6-4-3-5-12(13)16(9)23(19,20)14-7-11(8-21-14)15(17)18/h3-10H,1-2H3,(H,17,18). The molecule has 0 spiro atoms. The van der Waals surface area contributed by atoms with Gasteiger partial charge in [0.05, 0.1) is 17.3 Å². The molecule has 2 atom stereocenters. The number of aromatic carboxylic acids is 1. The summed E-state index contributed by atoms with van der Waals surface area (Å²) in [4.78, 5) is 11.9. The van der Waals surface area contributed by atoms with Crippen molar-refractivity contribution in [3.05, 3.63) is 41.3 Å². The summed E-state index contributed by atoms with van der Waals surface area (Å²) < 4.78 is 27.6. The number of sulfonamides is 1. The van der Waals surface area contributed by atoms with Crippen LogP contribution in [0.3, 0.4) is 0 Å². The van der Waals surface area contributed by atoms with Gasteiger partial charge in [-0.15, -0.1) is 23.1 Å². The first-order chi connectivity index (χ1) is 10.8. The van der Waals surface area contributed by atoms with Crippen molar-refractivity contribution in [1.82, 2.24) is 0 Å². The van der Waals surface area contributed by atoms with Crippen LogP contribution in [0.5, 0.6) is 0 Å². The fourth-order valence-corrected chi connectivity index (χ4v) is 6.74. The van der Waals surface area contributed by atoms with Crippen LogP contribution in [0.2, 0.25) is 0 Å². The molecule has 0 radical (unpaired) electrons.